The lowest BCUT2D eigenvalue weighted by molar-refractivity contribution is -0.139. The van der Waals surface area contributed by atoms with E-state index >= 15 is 0 Å². The Bertz CT molecular complexity index is 567. The lowest BCUT2D eigenvalue weighted by Crippen LogP contribution is -2.20. The molecule has 1 atom stereocenters. The Kier molecular flexibility index (Phi) is 3.24. The molecule has 0 fully saturated rings. The van der Waals surface area contributed by atoms with E-state index in [1.807, 2.05) is 0 Å². The van der Waals surface area contributed by atoms with Gasteiger partial charge in [-0.15, -0.1) is 10.2 Å². The average Bonchev–Trinajstić information content (AvgIpc) is 2.87. The van der Waals surface area contributed by atoms with Crippen molar-refractivity contribution in [1.82, 2.24) is 10.2 Å². The number of aliphatic carboxylic acids is 1. The zero-order valence-corrected chi connectivity index (χ0v) is 9.53. The number of hydrogen-bond donors (Lipinski definition) is 2. The number of ether oxygens (including phenoxy) is 1. The summed E-state index contributed by atoms with van der Waals surface area (Å²) < 4.78 is 10.4. The fourth-order valence-corrected chi connectivity index (χ4v) is 1.40. The van der Waals surface area contributed by atoms with Crippen molar-refractivity contribution in [3.05, 3.63) is 30.2 Å². The van der Waals surface area contributed by atoms with Gasteiger partial charge in [-0.2, -0.15) is 0 Å². The Hall–Kier alpha value is -2.41. The molecule has 18 heavy (non-hydrogen) atoms. The van der Waals surface area contributed by atoms with Crippen LogP contribution in [0.1, 0.15) is 11.9 Å². The van der Waals surface area contributed by atoms with E-state index < -0.39 is 12.0 Å². The molecule has 94 valence electrons. The molecule has 7 nitrogen and oxygen atoms in total. The van der Waals surface area contributed by atoms with Gasteiger partial charge < -0.3 is 20.0 Å². The van der Waals surface area contributed by atoms with Gasteiger partial charge >= 0.3 is 5.97 Å². The van der Waals surface area contributed by atoms with Crippen molar-refractivity contribution < 1.29 is 19.1 Å². The summed E-state index contributed by atoms with van der Waals surface area (Å²) in [4.78, 5) is 10.7. The SMILES string of the molecule is COc1ccccc1-c1nnc(C(N)C(=O)O)o1. The molecule has 0 aliphatic carbocycles. The van der Waals surface area contributed by atoms with Gasteiger partial charge in [0, 0.05) is 0 Å². The van der Waals surface area contributed by atoms with Gasteiger partial charge in [0.15, 0.2) is 6.04 Å². The highest BCUT2D eigenvalue weighted by Crippen LogP contribution is 2.28. The molecule has 0 spiro atoms. The summed E-state index contributed by atoms with van der Waals surface area (Å²) in [6, 6.07) is 5.70. The quantitative estimate of drug-likeness (QED) is 0.825. The predicted molar refractivity (Wildman–Crippen MR) is 60.9 cm³/mol. The predicted octanol–water partition coefficient (Wildman–Crippen LogP) is 0.830. The minimum absolute atomic E-state index is 0.150. The van der Waals surface area contributed by atoms with Crippen molar-refractivity contribution >= 4 is 5.97 Å². The summed E-state index contributed by atoms with van der Waals surface area (Å²) in [6.45, 7) is 0. The number of rotatable bonds is 4. The first kappa shape index (κ1) is 12.1. The van der Waals surface area contributed by atoms with Crippen LogP contribution in [0.15, 0.2) is 28.7 Å². The normalized spacial score (nSPS) is 12.1. The summed E-state index contributed by atoms with van der Waals surface area (Å²) >= 11 is 0. The molecule has 1 heterocycles. The molecule has 2 rings (SSSR count). The van der Waals surface area contributed by atoms with Gasteiger partial charge in [-0.05, 0) is 12.1 Å². The first-order valence-electron chi connectivity index (χ1n) is 5.08. The van der Waals surface area contributed by atoms with Gasteiger partial charge in [0.05, 0.1) is 12.7 Å². The zero-order valence-electron chi connectivity index (χ0n) is 9.53. The van der Waals surface area contributed by atoms with Gasteiger partial charge in [0.2, 0.25) is 5.89 Å². The lowest BCUT2D eigenvalue weighted by atomic mass is 10.2. The van der Waals surface area contributed by atoms with E-state index in [2.05, 4.69) is 10.2 Å². The van der Waals surface area contributed by atoms with Gasteiger partial charge in [-0.1, -0.05) is 12.1 Å². The molecule has 7 heteroatoms. The van der Waals surface area contributed by atoms with Gasteiger partial charge in [-0.3, -0.25) is 0 Å². The van der Waals surface area contributed by atoms with Gasteiger partial charge in [0.1, 0.15) is 5.75 Å². The summed E-state index contributed by atoms with van der Waals surface area (Å²) in [7, 11) is 1.51. The van der Waals surface area contributed by atoms with E-state index in [4.69, 9.17) is 20.0 Å². The van der Waals surface area contributed by atoms with E-state index in [0.29, 0.717) is 11.3 Å². The maximum absolute atomic E-state index is 10.7. The van der Waals surface area contributed by atoms with Gasteiger partial charge in [-0.25, -0.2) is 4.79 Å². The standard InChI is InChI=1S/C11H11N3O4/c1-17-7-5-3-2-4-6(7)9-13-14-10(18-9)8(12)11(15)16/h2-5,8H,12H2,1H3,(H,15,16). The van der Waals surface area contributed by atoms with E-state index in [1.165, 1.54) is 7.11 Å². The van der Waals surface area contributed by atoms with Crippen LogP contribution < -0.4 is 10.5 Å². The molecule has 0 saturated carbocycles. The molecule has 0 amide bonds. The minimum atomic E-state index is -1.33. The smallest absolute Gasteiger partial charge is 0.330 e. The Morgan fingerprint density at radius 2 is 2.17 bits per heavy atom. The number of methoxy groups -OCH3 is 1. The summed E-state index contributed by atoms with van der Waals surface area (Å²) in [5.74, 6) is -0.663. The largest absolute Gasteiger partial charge is 0.496 e. The molecule has 0 aliphatic rings. The number of benzene rings is 1. The number of carbonyl (C=O) groups is 1. The molecule has 0 saturated heterocycles. The summed E-state index contributed by atoms with van der Waals surface area (Å²) in [5.41, 5.74) is 5.95. The number of aromatic nitrogens is 2. The molecular weight excluding hydrogens is 238 g/mol. The van der Waals surface area contributed by atoms with Crippen LogP contribution in [0.25, 0.3) is 11.5 Å². The van der Waals surface area contributed by atoms with Crippen LogP contribution in [-0.2, 0) is 4.79 Å². The highest BCUT2D eigenvalue weighted by Gasteiger charge is 2.22. The van der Waals surface area contributed by atoms with E-state index in [9.17, 15) is 4.79 Å². The van der Waals surface area contributed by atoms with Crippen LogP contribution in [0.3, 0.4) is 0 Å². The number of hydrogen-bond acceptors (Lipinski definition) is 6. The van der Waals surface area contributed by atoms with Crippen molar-refractivity contribution in [3.8, 4) is 17.2 Å². The molecule has 1 aromatic heterocycles. The molecule has 1 aromatic carbocycles. The van der Waals surface area contributed by atoms with Crippen molar-refractivity contribution in [2.24, 2.45) is 5.73 Å². The molecule has 0 bridgehead atoms. The van der Waals surface area contributed by atoms with Crippen molar-refractivity contribution in [1.29, 1.82) is 0 Å². The van der Waals surface area contributed by atoms with Crippen LogP contribution in [-0.4, -0.2) is 28.4 Å². The Morgan fingerprint density at radius 1 is 1.44 bits per heavy atom. The zero-order chi connectivity index (χ0) is 13.1. The van der Waals surface area contributed by atoms with Crippen molar-refractivity contribution in [2.45, 2.75) is 6.04 Å². The maximum atomic E-state index is 10.7. The summed E-state index contributed by atoms with van der Waals surface area (Å²) in [6.07, 6.45) is 0. The molecule has 2 aromatic rings. The Balaban J connectivity index is 2.38. The second-order valence-corrected chi connectivity index (χ2v) is 3.46. The molecular formula is C11H11N3O4. The maximum Gasteiger partial charge on any atom is 0.330 e. The van der Waals surface area contributed by atoms with Gasteiger partial charge in [0.25, 0.3) is 5.89 Å². The number of carboxylic acid groups (broad SMARTS) is 1. The molecule has 0 aliphatic heterocycles. The highest BCUT2D eigenvalue weighted by molar-refractivity contribution is 5.73. The second-order valence-electron chi connectivity index (χ2n) is 3.46. The van der Waals surface area contributed by atoms with Crippen LogP contribution in [0, 0.1) is 0 Å². The van der Waals surface area contributed by atoms with Crippen LogP contribution in [0.2, 0.25) is 0 Å². The average molecular weight is 249 g/mol. The highest BCUT2D eigenvalue weighted by atomic mass is 16.5. The lowest BCUT2D eigenvalue weighted by Gasteiger charge is -2.03. The third-order valence-corrected chi connectivity index (χ3v) is 2.31. The Morgan fingerprint density at radius 3 is 2.83 bits per heavy atom. The molecule has 3 N–H and O–H groups in total. The minimum Gasteiger partial charge on any atom is -0.496 e. The monoisotopic (exact) mass is 249 g/mol. The van der Waals surface area contributed by atoms with E-state index in [1.54, 1.807) is 24.3 Å². The Labute approximate surface area is 102 Å². The van der Waals surface area contributed by atoms with Crippen LogP contribution in [0.4, 0.5) is 0 Å². The molecule has 0 radical (unpaired) electrons. The fraction of sp³-hybridized carbons (Fsp3) is 0.182. The van der Waals surface area contributed by atoms with E-state index in [-0.39, 0.29) is 11.8 Å². The summed E-state index contributed by atoms with van der Waals surface area (Å²) in [5, 5.41) is 16.1. The molecule has 1 unspecified atom stereocenters. The first-order chi connectivity index (χ1) is 8.63. The van der Waals surface area contributed by atoms with Crippen molar-refractivity contribution in [2.75, 3.05) is 7.11 Å². The third-order valence-electron chi connectivity index (χ3n) is 2.31. The third kappa shape index (κ3) is 2.16. The van der Waals surface area contributed by atoms with E-state index in [0.717, 1.165) is 0 Å². The topological polar surface area (TPSA) is 111 Å². The fourth-order valence-electron chi connectivity index (χ4n) is 1.40. The van der Waals surface area contributed by atoms with Crippen LogP contribution in [0.5, 0.6) is 5.75 Å². The number of para-hydroxylation sites is 1. The second kappa shape index (κ2) is 4.84. The number of carboxylic acids is 1. The van der Waals surface area contributed by atoms with Crippen molar-refractivity contribution in [3.63, 3.8) is 0 Å². The van der Waals surface area contributed by atoms with Crippen LogP contribution >= 0.6 is 0 Å². The number of nitrogens with two attached hydrogens (primary N) is 1. The first-order valence-corrected chi connectivity index (χ1v) is 5.08. The number of nitrogens with zero attached hydrogens (tertiary/aromatic N) is 2.